The van der Waals surface area contributed by atoms with Gasteiger partial charge in [0, 0.05) is 6.42 Å². The van der Waals surface area contributed by atoms with Crippen molar-refractivity contribution in [2.75, 3.05) is 7.11 Å². The zero-order valence-corrected chi connectivity index (χ0v) is 5.81. The average molecular weight is 124 g/mol. The van der Waals surface area contributed by atoms with Gasteiger partial charge in [-0.05, 0) is 12.3 Å². The molecule has 1 rings (SSSR count). The van der Waals surface area contributed by atoms with Crippen LogP contribution in [0, 0.1) is 17.9 Å². The summed E-state index contributed by atoms with van der Waals surface area (Å²) < 4.78 is 4.58. The molecule has 1 heteroatoms. The number of rotatable bonds is 2. The van der Waals surface area contributed by atoms with Gasteiger partial charge >= 0.3 is 0 Å². The lowest BCUT2D eigenvalue weighted by Crippen LogP contribution is -1.73. The van der Waals surface area contributed by atoms with Crippen LogP contribution in [0.2, 0.25) is 0 Å². The van der Waals surface area contributed by atoms with E-state index in [0.29, 0.717) is 0 Å². The van der Waals surface area contributed by atoms with Crippen LogP contribution in [-0.4, -0.2) is 7.11 Å². The summed E-state index contributed by atoms with van der Waals surface area (Å²) in [5.41, 5.74) is 0. The highest BCUT2D eigenvalue weighted by atomic mass is 16.5. The van der Waals surface area contributed by atoms with E-state index >= 15 is 0 Å². The van der Waals surface area contributed by atoms with Crippen LogP contribution < -0.4 is 0 Å². The largest absolute Gasteiger partial charge is 0.450 e. The van der Waals surface area contributed by atoms with Gasteiger partial charge in [-0.1, -0.05) is 18.8 Å². The van der Waals surface area contributed by atoms with Crippen molar-refractivity contribution in [3.8, 4) is 12.0 Å². The molecule has 0 unspecified atom stereocenters. The predicted octanol–water partition coefficient (Wildman–Crippen LogP) is 1.78. The summed E-state index contributed by atoms with van der Waals surface area (Å²) in [4.78, 5) is 0. The van der Waals surface area contributed by atoms with Crippen LogP contribution in [0.25, 0.3) is 0 Å². The van der Waals surface area contributed by atoms with Gasteiger partial charge in [0.2, 0.25) is 0 Å². The van der Waals surface area contributed by atoms with Crippen LogP contribution in [0.15, 0.2) is 0 Å². The molecule has 0 amide bonds. The molecule has 0 aromatic heterocycles. The SMILES string of the molecule is COC#CCCC1CC1. The lowest BCUT2D eigenvalue weighted by molar-refractivity contribution is 0.371. The molecule has 1 fully saturated rings. The second-order valence-electron chi connectivity index (χ2n) is 2.47. The fraction of sp³-hybridized carbons (Fsp3) is 0.750. The first-order valence-electron chi connectivity index (χ1n) is 3.44. The van der Waals surface area contributed by atoms with Gasteiger partial charge in [0.1, 0.15) is 6.11 Å². The molecule has 1 aliphatic rings. The molecule has 1 aliphatic carbocycles. The van der Waals surface area contributed by atoms with Gasteiger partial charge < -0.3 is 4.74 Å². The molecular formula is C8H12O. The molecule has 0 atom stereocenters. The molecule has 0 saturated heterocycles. The van der Waals surface area contributed by atoms with Crippen LogP contribution in [0.3, 0.4) is 0 Å². The minimum absolute atomic E-state index is 0.996. The molecule has 9 heavy (non-hydrogen) atoms. The van der Waals surface area contributed by atoms with E-state index in [1.165, 1.54) is 19.3 Å². The smallest absolute Gasteiger partial charge is 0.109 e. The minimum Gasteiger partial charge on any atom is -0.450 e. The minimum atomic E-state index is 0.996. The number of methoxy groups -OCH3 is 1. The molecule has 0 spiro atoms. The van der Waals surface area contributed by atoms with E-state index in [2.05, 4.69) is 16.8 Å². The van der Waals surface area contributed by atoms with Gasteiger partial charge in [-0.15, -0.1) is 0 Å². The third-order valence-corrected chi connectivity index (χ3v) is 1.55. The van der Waals surface area contributed by atoms with Crippen molar-refractivity contribution in [2.24, 2.45) is 5.92 Å². The highest BCUT2D eigenvalue weighted by molar-refractivity contribution is 4.92. The maximum Gasteiger partial charge on any atom is 0.109 e. The summed E-state index contributed by atoms with van der Waals surface area (Å²) >= 11 is 0. The maximum atomic E-state index is 4.58. The third kappa shape index (κ3) is 3.03. The average Bonchev–Trinajstić information content (AvgIpc) is 2.63. The molecule has 0 bridgehead atoms. The molecule has 0 aliphatic heterocycles. The van der Waals surface area contributed by atoms with Crippen molar-refractivity contribution in [1.29, 1.82) is 0 Å². The number of ether oxygens (including phenoxy) is 1. The normalized spacial score (nSPS) is 16.1. The summed E-state index contributed by atoms with van der Waals surface area (Å²) in [6.45, 7) is 0. The van der Waals surface area contributed by atoms with Crippen LogP contribution >= 0.6 is 0 Å². The molecular weight excluding hydrogens is 112 g/mol. The summed E-state index contributed by atoms with van der Waals surface area (Å²) in [6.07, 6.45) is 7.72. The van der Waals surface area contributed by atoms with E-state index < -0.39 is 0 Å². The Morgan fingerprint density at radius 1 is 1.56 bits per heavy atom. The monoisotopic (exact) mass is 124 g/mol. The Labute approximate surface area is 56.4 Å². The fourth-order valence-corrected chi connectivity index (χ4v) is 0.806. The van der Waals surface area contributed by atoms with Crippen molar-refractivity contribution in [3.05, 3.63) is 0 Å². The molecule has 0 aromatic carbocycles. The standard InChI is InChI=1S/C8H12O/c1-9-7-3-2-4-8-5-6-8/h8H,2,4-6H2,1H3. The maximum absolute atomic E-state index is 4.58. The Bertz CT molecular complexity index is 125. The second kappa shape index (κ2) is 3.40. The van der Waals surface area contributed by atoms with Crippen molar-refractivity contribution in [2.45, 2.75) is 25.7 Å². The summed E-state index contributed by atoms with van der Waals surface area (Å²) in [6, 6.07) is 0. The van der Waals surface area contributed by atoms with E-state index in [0.717, 1.165) is 12.3 Å². The Balaban J connectivity index is 1.91. The predicted molar refractivity (Wildman–Crippen MR) is 36.7 cm³/mol. The van der Waals surface area contributed by atoms with Crippen molar-refractivity contribution >= 4 is 0 Å². The Kier molecular flexibility index (Phi) is 2.45. The van der Waals surface area contributed by atoms with Gasteiger partial charge in [0.05, 0.1) is 7.11 Å². The van der Waals surface area contributed by atoms with E-state index in [1.807, 2.05) is 0 Å². The third-order valence-electron chi connectivity index (χ3n) is 1.55. The highest BCUT2D eigenvalue weighted by Gasteiger charge is 2.19. The lowest BCUT2D eigenvalue weighted by Gasteiger charge is -1.84. The molecule has 0 N–H and O–H groups in total. The van der Waals surface area contributed by atoms with Crippen molar-refractivity contribution in [1.82, 2.24) is 0 Å². The molecule has 50 valence electrons. The Morgan fingerprint density at radius 2 is 2.33 bits per heavy atom. The summed E-state index contributed by atoms with van der Waals surface area (Å²) in [7, 11) is 1.60. The fourth-order valence-electron chi connectivity index (χ4n) is 0.806. The molecule has 1 nitrogen and oxygen atoms in total. The first-order chi connectivity index (χ1) is 4.43. The van der Waals surface area contributed by atoms with Gasteiger partial charge in [0.25, 0.3) is 0 Å². The zero-order valence-electron chi connectivity index (χ0n) is 5.81. The van der Waals surface area contributed by atoms with E-state index in [4.69, 9.17) is 0 Å². The van der Waals surface area contributed by atoms with Gasteiger partial charge in [-0.2, -0.15) is 0 Å². The van der Waals surface area contributed by atoms with Crippen molar-refractivity contribution in [3.63, 3.8) is 0 Å². The quantitative estimate of drug-likeness (QED) is 0.510. The van der Waals surface area contributed by atoms with Crippen LogP contribution in [0.5, 0.6) is 0 Å². The molecule has 0 heterocycles. The molecule has 1 saturated carbocycles. The van der Waals surface area contributed by atoms with Crippen molar-refractivity contribution < 1.29 is 4.74 Å². The highest BCUT2D eigenvalue weighted by Crippen LogP contribution is 2.33. The van der Waals surface area contributed by atoms with Gasteiger partial charge in [0.15, 0.2) is 0 Å². The first-order valence-corrected chi connectivity index (χ1v) is 3.44. The summed E-state index contributed by atoms with van der Waals surface area (Å²) in [5, 5.41) is 0. The Morgan fingerprint density at radius 3 is 2.89 bits per heavy atom. The topological polar surface area (TPSA) is 9.23 Å². The second-order valence-corrected chi connectivity index (χ2v) is 2.47. The first kappa shape index (κ1) is 6.48. The van der Waals surface area contributed by atoms with Gasteiger partial charge in [-0.3, -0.25) is 0 Å². The number of hydrogen-bond acceptors (Lipinski definition) is 1. The van der Waals surface area contributed by atoms with E-state index in [9.17, 15) is 0 Å². The van der Waals surface area contributed by atoms with E-state index in [-0.39, 0.29) is 0 Å². The van der Waals surface area contributed by atoms with Crippen LogP contribution in [-0.2, 0) is 4.74 Å². The van der Waals surface area contributed by atoms with Gasteiger partial charge in [-0.25, -0.2) is 0 Å². The lowest BCUT2D eigenvalue weighted by atomic mass is 10.2. The van der Waals surface area contributed by atoms with E-state index in [1.54, 1.807) is 7.11 Å². The van der Waals surface area contributed by atoms with Crippen LogP contribution in [0.1, 0.15) is 25.7 Å². The zero-order chi connectivity index (χ0) is 6.53. The molecule has 0 radical (unpaired) electrons. The number of hydrogen-bond donors (Lipinski definition) is 0. The Hall–Kier alpha value is -0.640. The molecule has 0 aromatic rings. The summed E-state index contributed by atoms with van der Waals surface area (Å²) in [5.74, 6) is 3.93. The van der Waals surface area contributed by atoms with Crippen LogP contribution in [0.4, 0.5) is 0 Å².